The number of aromatic amines is 1. The van der Waals surface area contributed by atoms with E-state index in [1.54, 1.807) is 12.5 Å². The molecule has 16 heavy (non-hydrogen) atoms. The first-order chi connectivity index (χ1) is 7.77. The maximum absolute atomic E-state index is 4.16. The molecule has 0 radical (unpaired) electrons. The van der Waals surface area contributed by atoms with E-state index in [0.717, 1.165) is 11.1 Å². The smallest absolute Gasteiger partial charge is 0.0899 e. The zero-order valence-corrected chi connectivity index (χ0v) is 9.51. The number of benzene rings is 1. The topological polar surface area (TPSA) is 31.4 Å². The predicted molar refractivity (Wildman–Crippen MR) is 69.5 cm³/mol. The molecular weight excluding hydrogens is 198 g/mol. The van der Waals surface area contributed by atoms with Gasteiger partial charge in [-0.2, -0.15) is 0 Å². The maximum atomic E-state index is 4.16. The minimum absolute atomic E-state index is 1.15. The van der Waals surface area contributed by atoms with E-state index in [-0.39, 0.29) is 0 Å². The second-order valence-electron chi connectivity index (χ2n) is 3.83. The third-order valence-electron chi connectivity index (χ3n) is 2.26. The summed E-state index contributed by atoms with van der Waals surface area (Å²) >= 11 is 0. The zero-order chi connectivity index (χ0) is 11.4. The molecule has 0 aliphatic carbocycles. The fourth-order valence-corrected chi connectivity index (χ4v) is 1.53. The molecule has 1 aromatic heterocycles. The normalized spacial score (nSPS) is 11.9. The number of rotatable bonds is 3. The largest absolute Gasteiger partial charge is 0.369 e. The van der Waals surface area contributed by atoms with Crippen LogP contribution in [0.5, 0.6) is 0 Å². The molecule has 0 spiro atoms. The minimum Gasteiger partial charge on any atom is -0.369 e. The lowest BCUT2D eigenvalue weighted by Crippen LogP contribution is -2.06. The summed E-state index contributed by atoms with van der Waals surface area (Å²) in [5.41, 5.74) is 2.31. The highest BCUT2D eigenvalue weighted by Gasteiger charge is 1.97. The number of aromatic nitrogens is 1. The van der Waals surface area contributed by atoms with Gasteiger partial charge in [-0.25, -0.2) is 4.99 Å². The SMILES string of the molecule is CN(C)C=NC=Cc1c[nH]c2ccccc12. The Morgan fingerprint density at radius 3 is 2.88 bits per heavy atom. The molecule has 1 N–H and O–H groups in total. The maximum Gasteiger partial charge on any atom is 0.0899 e. The Kier molecular flexibility index (Phi) is 3.05. The summed E-state index contributed by atoms with van der Waals surface area (Å²) in [6.45, 7) is 0. The van der Waals surface area contributed by atoms with Crippen LogP contribution in [-0.4, -0.2) is 30.3 Å². The fourth-order valence-electron chi connectivity index (χ4n) is 1.53. The Morgan fingerprint density at radius 2 is 2.06 bits per heavy atom. The van der Waals surface area contributed by atoms with Crippen LogP contribution >= 0.6 is 0 Å². The highest BCUT2D eigenvalue weighted by molar-refractivity contribution is 5.88. The van der Waals surface area contributed by atoms with Gasteiger partial charge in [-0.05, 0) is 12.1 Å². The van der Waals surface area contributed by atoms with Gasteiger partial charge in [0.15, 0.2) is 0 Å². The van der Waals surface area contributed by atoms with Crippen molar-refractivity contribution in [2.45, 2.75) is 0 Å². The number of H-pyrrole nitrogens is 1. The van der Waals surface area contributed by atoms with Gasteiger partial charge in [0, 0.05) is 43.0 Å². The van der Waals surface area contributed by atoms with Crippen molar-refractivity contribution in [2.24, 2.45) is 4.99 Å². The molecule has 0 saturated carbocycles. The van der Waals surface area contributed by atoms with E-state index in [0.29, 0.717) is 0 Å². The lowest BCUT2D eigenvalue weighted by Gasteiger charge is -1.99. The number of hydrogen-bond acceptors (Lipinski definition) is 1. The molecule has 2 aromatic rings. The zero-order valence-electron chi connectivity index (χ0n) is 9.51. The summed E-state index contributed by atoms with van der Waals surface area (Å²) in [4.78, 5) is 9.29. The quantitative estimate of drug-likeness (QED) is 0.617. The van der Waals surface area contributed by atoms with Crippen LogP contribution in [0.3, 0.4) is 0 Å². The summed E-state index contributed by atoms with van der Waals surface area (Å²) in [6.07, 6.45) is 7.56. The fraction of sp³-hybridized carbons (Fsp3) is 0.154. The summed E-state index contributed by atoms with van der Waals surface area (Å²) in [6, 6.07) is 8.23. The lowest BCUT2D eigenvalue weighted by atomic mass is 10.2. The average molecular weight is 213 g/mol. The molecule has 0 amide bonds. The molecule has 82 valence electrons. The number of fused-ring (bicyclic) bond motifs is 1. The van der Waals surface area contributed by atoms with Crippen LogP contribution in [-0.2, 0) is 0 Å². The molecule has 1 heterocycles. The number of nitrogens with zero attached hydrogens (tertiary/aromatic N) is 2. The summed E-state index contributed by atoms with van der Waals surface area (Å²) in [7, 11) is 3.89. The second kappa shape index (κ2) is 4.66. The highest BCUT2D eigenvalue weighted by atomic mass is 15.1. The highest BCUT2D eigenvalue weighted by Crippen LogP contribution is 2.18. The van der Waals surface area contributed by atoms with Gasteiger partial charge in [-0.15, -0.1) is 0 Å². The van der Waals surface area contributed by atoms with E-state index in [2.05, 4.69) is 22.1 Å². The Bertz CT molecular complexity index is 521. The number of hydrogen-bond donors (Lipinski definition) is 1. The standard InChI is InChI=1S/C13H15N3/c1-16(2)10-14-8-7-11-9-15-13-6-4-3-5-12(11)13/h3-10,15H,1-2H3. The van der Waals surface area contributed by atoms with E-state index in [9.17, 15) is 0 Å². The minimum atomic E-state index is 1.15. The molecule has 1 aromatic carbocycles. The van der Waals surface area contributed by atoms with Gasteiger partial charge in [-0.3, -0.25) is 0 Å². The molecule has 2 rings (SSSR count). The van der Waals surface area contributed by atoms with Crippen molar-refractivity contribution in [3.05, 3.63) is 42.2 Å². The summed E-state index contributed by atoms with van der Waals surface area (Å²) in [5, 5.41) is 1.22. The lowest BCUT2D eigenvalue weighted by molar-refractivity contribution is 0.643. The first-order valence-electron chi connectivity index (χ1n) is 5.20. The summed E-state index contributed by atoms with van der Waals surface area (Å²) < 4.78 is 0. The molecule has 0 saturated heterocycles. The van der Waals surface area contributed by atoms with Crippen molar-refractivity contribution in [3.63, 3.8) is 0 Å². The van der Waals surface area contributed by atoms with Crippen LogP contribution in [0.1, 0.15) is 5.56 Å². The van der Waals surface area contributed by atoms with E-state index in [1.807, 2.05) is 43.4 Å². The van der Waals surface area contributed by atoms with E-state index < -0.39 is 0 Å². The average Bonchev–Trinajstić information content (AvgIpc) is 2.68. The molecule has 0 aliphatic rings. The second-order valence-corrected chi connectivity index (χ2v) is 3.83. The van der Waals surface area contributed by atoms with Gasteiger partial charge in [0.25, 0.3) is 0 Å². The molecule has 3 heteroatoms. The van der Waals surface area contributed by atoms with Crippen LogP contribution in [0.2, 0.25) is 0 Å². The molecule has 3 nitrogen and oxygen atoms in total. The number of aliphatic imine (C=N–C) groups is 1. The van der Waals surface area contributed by atoms with Crippen molar-refractivity contribution in [2.75, 3.05) is 14.1 Å². The first-order valence-corrected chi connectivity index (χ1v) is 5.20. The van der Waals surface area contributed by atoms with Gasteiger partial charge in [0.05, 0.1) is 6.34 Å². The molecule has 0 unspecified atom stereocenters. The third kappa shape index (κ3) is 2.31. The van der Waals surface area contributed by atoms with Gasteiger partial charge in [-0.1, -0.05) is 18.2 Å². The Balaban J connectivity index is 2.21. The molecule has 0 aliphatic heterocycles. The van der Waals surface area contributed by atoms with Crippen LogP contribution in [0.4, 0.5) is 0 Å². The van der Waals surface area contributed by atoms with Gasteiger partial charge in [0.2, 0.25) is 0 Å². The van der Waals surface area contributed by atoms with Crippen molar-refractivity contribution >= 4 is 23.3 Å². The van der Waals surface area contributed by atoms with E-state index in [4.69, 9.17) is 0 Å². The Labute approximate surface area is 95.1 Å². The van der Waals surface area contributed by atoms with Gasteiger partial charge in [0.1, 0.15) is 0 Å². The Morgan fingerprint density at radius 1 is 1.25 bits per heavy atom. The molecule has 0 bridgehead atoms. The summed E-state index contributed by atoms with van der Waals surface area (Å²) in [5.74, 6) is 0. The van der Waals surface area contributed by atoms with Crippen LogP contribution < -0.4 is 0 Å². The number of para-hydroxylation sites is 1. The third-order valence-corrected chi connectivity index (χ3v) is 2.26. The van der Waals surface area contributed by atoms with Crippen molar-refractivity contribution in [3.8, 4) is 0 Å². The number of nitrogens with one attached hydrogen (secondary N) is 1. The van der Waals surface area contributed by atoms with Crippen molar-refractivity contribution in [1.29, 1.82) is 0 Å². The van der Waals surface area contributed by atoms with Crippen molar-refractivity contribution < 1.29 is 0 Å². The van der Waals surface area contributed by atoms with Crippen LogP contribution in [0.25, 0.3) is 17.0 Å². The first kappa shape index (κ1) is 10.5. The van der Waals surface area contributed by atoms with Gasteiger partial charge < -0.3 is 9.88 Å². The van der Waals surface area contributed by atoms with E-state index >= 15 is 0 Å². The van der Waals surface area contributed by atoms with Crippen LogP contribution in [0, 0.1) is 0 Å². The molecule has 0 atom stereocenters. The van der Waals surface area contributed by atoms with Crippen LogP contribution in [0.15, 0.2) is 41.7 Å². The predicted octanol–water partition coefficient (Wildman–Crippen LogP) is 2.73. The van der Waals surface area contributed by atoms with Gasteiger partial charge >= 0.3 is 0 Å². The molecule has 0 fully saturated rings. The molecular formula is C13H15N3. The Hall–Kier alpha value is -2.03. The monoisotopic (exact) mass is 213 g/mol. The van der Waals surface area contributed by atoms with Crippen molar-refractivity contribution in [1.82, 2.24) is 9.88 Å². The van der Waals surface area contributed by atoms with E-state index in [1.165, 1.54) is 5.39 Å².